The van der Waals surface area contributed by atoms with Gasteiger partial charge in [-0.1, -0.05) is 36.4 Å². The van der Waals surface area contributed by atoms with Crippen LogP contribution in [0, 0.1) is 0 Å². The molecule has 1 heterocycles. The molecule has 3 N–H and O–H groups in total. The summed E-state index contributed by atoms with van der Waals surface area (Å²) in [5, 5.41) is 10.7. The normalized spacial score (nSPS) is 13.1. The SMILES string of the molecule is CCNC(=O)[C@@H](C)NC(=O)CN[C@H](c1ccccc1)c1cccs1. The predicted molar refractivity (Wildman–Crippen MR) is 96.9 cm³/mol. The summed E-state index contributed by atoms with van der Waals surface area (Å²) < 4.78 is 0. The Labute approximate surface area is 146 Å². The first-order chi connectivity index (χ1) is 11.6. The minimum absolute atomic E-state index is 0.0447. The second-order valence-corrected chi connectivity index (χ2v) is 6.40. The smallest absolute Gasteiger partial charge is 0.242 e. The van der Waals surface area contributed by atoms with E-state index in [1.54, 1.807) is 18.3 Å². The summed E-state index contributed by atoms with van der Waals surface area (Å²) >= 11 is 1.64. The van der Waals surface area contributed by atoms with E-state index in [1.165, 1.54) is 0 Å². The number of thiophene rings is 1. The van der Waals surface area contributed by atoms with Gasteiger partial charge in [0.2, 0.25) is 11.8 Å². The Morgan fingerprint density at radius 1 is 1.12 bits per heavy atom. The molecule has 6 heteroatoms. The van der Waals surface area contributed by atoms with Crippen LogP contribution in [0.5, 0.6) is 0 Å². The molecule has 0 aliphatic carbocycles. The monoisotopic (exact) mass is 345 g/mol. The predicted octanol–water partition coefficient (Wildman–Crippen LogP) is 2.07. The van der Waals surface area contributed by atoms with Crippen LogP contribution in [0.2, 0.25) is 0 Å². The minimum Gasteiger partial charge on any atom is -0.355 e. The molecule has 2 amide bonds. The van der Waals surface area contributed by atoms with Crippen LogP contribution in [0.3, 0.4) is 0 Å². The molecule has 2 atom stereocenters. The molecule has 0 saturated heterocycles. The fraction of sp³-hybridized carbons (Fsp3) is 0.333. The lowest BCUT2D eigenvalue weighted by molar-refractivity contribution is -0.128. The van der Waals surface area contributed by atoms with Crippen molar-refractivity contribution in [2.24, 2.45) is 0 Å². The summed E-state index contributed by atoms with van der Waals surface area (Å²) in [5.41, 5.74) is 1.10. The van der Waals surface area contributed by atoms with Crippen LogP contribution in [0.1, 0.15) is 30.3 Å². The zero-order chi connectivity index (χ0) is 17.4. The summed E-state index contributed by atoms with van der Waals surface area (Å²) in [5.74, 6) is -0.380. The summed E-state index contributed by atoms with van der Waals surface area (Å²) in [6.45, 7) is 4.21. The molecule has 0 bridgehead atoms. The summed E-state index contributed by atoms with van der Waals surface area (Å²) in [4.78, 5) is 24.9. The van der Waals surface area contributed by atoms with Gasteiger partial charge in [-0.05, 0) is 30.9 Å². The van der Waals surface area contributed by atoms with E-state index in [4.69, 9.17) is 0 Å². The molecule has 24 heavy (non-hydrogen) atoms. The Kier molecular flexibility index (Phi) is 6.96. The summed E-state index contributed by atoms with van der Waals surface area (Å²) in [6.07, 6.45) is 0. The van der Waals surface area contributed by atoms with Crippen molar-refractivity contribution in [1.29, 1.82) is 0 Å². The number of rotatable bonds is 8. The highest BCUT2D eigenvalue weighted by molar-refractivity contribution is 7.10. The van der Waals surface area contributed by atoms with Gasteiger partial charge in [0.1, 0.15) is 6.04 Å². The van der Waals surface area contributed by atoms with Gasteiger partial charge in [0.15, 0.2) is 0 Å². The van der Waals surface area contributed by atoms with E-state index in [-0.39, 0.29) is 24.4 Å². The molecule has 2 aromatic rings. The van der Waals surface area contributed by atoms with E-state index in [2.05, 4.69) is 16.0 Å². The van der Waals surface area contributed by atoms with E-state index in [1.807, 2.05) is 54.8 Å². The zero-order valence-electron chi connectivity index (χ0n) is 13.9. The lowest BCUT2D eigenvalue weighted by Crippen LogP contribution is -2.47. The number of likely N-dealkylation sites (N-methyl/N-ethyl adjacent to an activating group) is 1. The van der Waals surface area contributed by atoms with Crippen LogP contribution in [0.15, 0.2) is 47.8 Å². The Morgan fingerprint density at radius 3 is 2.50 bits per heavy atom. The van der Waals surface area contributed by atoms with Gasteiger partial charge in [-0.25, -0.2) is 0 Å². The molecule has 5 nitrogen and oxygen atoms in total. The quantitative estimate of drug-likeness (QED) is 0.686. The van der Waals surface area contributed by atoms with E-state index in [0.717, 1.165) is 10.4 Å². The maximum absolute atomic E-state index is 12.1. The maximum atomic E-state index is 12.1. The van der Waals surface area contributed by atoms with Crippen LogP contribution < -0.4 is 16.0 Å². The van der Waals surface area contributed by atoms with Crippen LogP contribution >= 0.6 is 11.3 Å². The molecular formula is C18H23N3O2S. The lowest BCUT2D eigenvalue weighted by atomic mass is 10.1. The topological polar surface area (TPSA) is 70.2 Å². The molecule has 2 rings (SSSR count). The molecule has 0 fully saturated rings. The first-order valence-corrected chi connectivity index (χ1v) is 8.88. The van der Waals surface area contributed by atoms with Gasteiger partial charge in [0, 0.05) is 11.4 Å². The third-order valence-corrected chi connectivity index (χ3v) is 4.49. The van der Waals surface area contributed by atoms with E-state index in [9.17, 15) is 9.59 Å². The summed E-state index contributed by atoms with van der Waals surface area (Å²) in [6, 6.07) is 13.4. The number of amides is 2. The maximum Gasteiger partial charge on any atom is 0.242 e. The average Bonchev–Trinajstić information content (AvgIpc) is 3.10. The Balaban J connectivity index is 1.96. The molecule has 128 valence electrons. The van der Waals surface area contributed by atoms with Crippen LogP contribution in [0.4, 0.5) is 0 Å². The number of carbonyl (C=O) groups excluding carboxylic acids is 2. The Morgan fingerprint density at radius 2 is 1.88 bits per heavy atom. The van der Waals surface area contributed by atoms with Gasteiger partial charge in [0.05, 0.1) is 12.6 Å². The Hall–Kier alpha value is -2.18. The van der Waals surface area contributed by atoms with Crippen molar-refractivity contribution in [2.75, 3.05) is 13.1 Å². The van der Waals surface area contributed by atoms with Gasteiger partial charge >= 0.3 is 0 Å². The molecule has 0 aliphatic heterocycles. The van der Waals surface area contributed by atoms with Gasteiger partial charge in [-0.3, -0.25) is 14.9 Å². The summed E-state index contributed by atoms with van der Waals surface area (Å²) in [7, 11) is 0. The number of hydrogen-bond acceptors (Lipinski definition) is 4. The standard InChI is InChI=1S/C18H23N3O2S/c1-3-19-18(23)13(2)21-16(22)12-20-17(15-10-7-11-24-15)14-8-5-4-6-9-14/h4-11,13,17,20H,3,12H2,1-2H3,(H,19,23)(H,21,22)/t13-,17-/m1/s1. The molecule has 1 aromatic heterocycles. The largest absolute Gasteiger partial charge is 0.355 e. The van der Waals surface area contributed by atoms with E-state index < -0.39 is 6.04 Å². The highest BCUT2D eigenvalue weighted by Crippen LogP contribution is 2.25. The van der Waals surface area contributed by atoms with Crippen molar-refractivity contribution in [3.05, 3.63) is 58.3 Å². The van der Waals surface area contributed by atoms with Crippen molar-refractivity contribution >= 4 is 23.2 Å². The van der Waals surface area contributed by atoms with Crippen molar-refractivity contribution in [3.8, 4) is 0 Å². The first kappa shape index (κ1) is 18.2. The fourth-order valence-electron chi connectivity index (χ4n) is 2.36. The first-order valence-electron chi connectivity index (χ1n) is 8.00. The van der Waals surface area contributed by atoms with Crippen molar-refractivity contribution in [1.82, 2.24) is 16.0 Å². The molecule has 0 saturated carbocycles. The van der Waals surface area contributed by atoms with E-state index in [0.29, 0.717) is 6.54 Å². The third kappa shape index (κ3) is 5.18. The highest BCUT2D eigenvalue weighted by Gasteiger charge is 2.18. The van der Waals surface area contributed by atoms with Crippen LogP contribution in [0.25, 0.3) is 0 Å². The second kappa shape index (κ2) is 9.20. The number of benzene rings is 1. The molecule has 0 radical (unpaired) electrons. The molecule has 1 aromatic carbocycles. The number of carbonyl (C=O) groups is 2. The fourth-order valence-corrected chi connectivity index (χ4v) is 3.19. The minimum atomic E-state index is -0.545. The van der Waals surface area contributed by atoms with E-state index >= 15 is 0 Å². The zero-order valence-corrected chi connectivity index (χ0v) is 14.7. The van der Waals surface area contributed by atoms with Crippen LogP contribution in [-0.2, 0) is 9.59 Å². The van der Waals surface area contributed by atoms with Gasteiger partial charge in [0.25, 0.3) is 0 Å². The lowest BCUT2D eigenvalue weighted by Gasteiger charge is -2.19. The molecule has 0 unspecified atom stereocenters. The molecule has 0 aliphatic rings. The number of hydrogen-bond donors (Lipinski definition) is 3. The van der Waals surface area contributed by atoms with Crippen LogP contribution in [-0.4, -0.2) is 30.9 Å². The highest BCUT2D eigenvalue weighted by atomic mass is 32.1. The number of nitrogens with one attached hydrogen (secondary N) is 3. The average molecular weight is 345 g/mol. The molecule has 0 spiro atoms. The van der Waals surface area contributed by atoms with Crippen molar-refractivity contribution < 1.29 is 9.59 Å². The Bertz CT molecular complexity index is 644. The second-order valence-electron chi connectivity index (χ2n) is 5.42. The van der Waals surface area contributed by atoms with Crippen molar-refractivity contribution in [2.45, 2.75) is 25.9 Å². The van der Waals surface area contributed by atoms with Gasteiger partial charge < -0.3 is 10.6 Å². The molecular weight excluding hydrogens is 322 g/mol. The van der Waals surface area contributed by atoms with Gasteiger partial charge in [-0.2, -0.15) is 0 Å². The third-order valence-electron chi connectivity index (χ3n) is 3.55. The van der Waals surface area contributed by atoms with Gasteiger partial charge in [-0.15, -0.1) is 11.3 Å². The van der Waals surface area contributed by atoms with Crippen molar-refractivity contribution in [3.63, 3.8) is 0 Å².